The summed E-state index contributed by atoms with van der Waals surface area (Å²) in [6, 6.07) is 8.88. The van der Waals surface area contributed by atoms with E-state index in [0.29, 0.717) is 12.2 Å². The van der Waals surface area contributed by atoms with Crippen molar-refractivity contribution in [3.63, 3.8) is 0 Å². The van der Waals surface area contributed by atoms with E-state index < -0.39 is 0 Å². The Bertz CT molecular complexity index is 566. The Morgan fingerprint density at radius 2 is 2.06 bits per heavy atom. The third-order valence-electron chi connectivity index (χ3n) is 2.84. The van der Waals surface area contributed by atoms with Crippen molar-refractivity contribution < 1.29 is 4.92 Å². The molecule has 0 aliphatic rings. The fraction of sp³-hybridized carbons (Fsp3) is 0.231. The summed E-state index contributed by atoms with van der Waals surface area (Å²) in [5.74, 6) is 0. The number of hydrogen-bond acceptors (Lipinski definition) is 4. The number of nitrogens with zero attached hydrogens (tertiary/aromatic N) is 2. The van der Waals surface area contributed by atoms with Crippen LogP contribution in [0.25, 0.3) is 0 Å². The van der Waals surface area contributed by atoms with Crippen molar-refractivity contribution in [3.8, 4) is 0 Å². The average molecular weight is 262 g/mol. The summed E-state index contributed by atoms with van der Waals surface area (Å²) in [5.41, 5.74) is 2.02. The van der Waals surface area contributed by atoms with Gasteiger partial charge in [-0.2, -0.15) is 0 Å². The highest BCUT2D eigenvalue weighted by Gasteiger charge is 2.16. The molecule has 0 radical (unpaired) electrons. The molecule has 94 valence electrons. The zero-order chi connectivity index (χ0) is 13.1. The molecule has 0 aliphatic carbocycles. The Kier molecular flexibility index (Phi) is 3.62. The number of anilines is 1. The predicted octanol–water partition coefficient (Wildman–Crippen LogP) is 3.60. The minimum Gasteiger partial charge on any atom is -0.364 e. The van der Waals surface area contributed by atoms with Gasteiger partial charge in [0, 0.05) is 18.0 Å². The summed E-state index contributed by atoms with van der Waals surface area (Å²) in [6.45, 7) is 2.74. The molecule has 0 saturated heterocycles. The van der Waals surface area contributed by atoms with Crippen LogP contribution in [-0.4, -0.2) is 12.0 Å². The summed E-state index contributed by atoms with van der Waals surface area (Å²) in [6.07, 6.45) is 0. The van der Waals surface area contributed by atoms with Gasteiger partial charge in [0.05, 0.1) is 11.5 Å². The van der Waals surface area contributed by atoms with Crippen LogP contribution in [0.1, 0.15) is 10.4 Å². The number of nitro groups is 1. The molecule has 0 spiro atoms. The van der Waals surface area contributed by atoms with Crippen molar-refractivity contribution in [1.82, 2.24) is 0 Å². The third-order valence-corrected chi connectivity index (χ3v) is 3.85. The summed E-state index contributed by atoms with van der Waals surface area (Å²) in [7, 11) is 1.88. The molecule has 1 aromatic carbocycles. The third kappa shape index (κ3) is 2.51. The number of hydrogen-bond donors (Lipinski definition) is 0. The molecule has 0 unspecified atom stereocenters. The molecule has 1 heterocycles. The molecule has 2 aromatic rings. The van der Waals surface area contributed by atoms with Crippen molar-refractivity contribution in [2.75, 3.05) is 11.9 Å². The van der Waals surface area contributed by atoms with E-state index in [2.05, 4.69) is 13.0 Å². The van der Waals surface area contributed by atoms with Crippen LogP contribution in [0.5, 0.6) is 0 Å². The standard InChI is InChI=1S/C13H14N2O2S/c1-10-7-8-18-13(10)9-14(2)11-5-3-4-6-12(11)15(16)17/h3-8H,9H2,1-2H3. The van der Waals surface area contributed by atoms with Crippen LogP contribution in [-0.2, 0) is 6.54 Å². The molecule has 2 rings (SSSR count). The van der Waals surface area contributed by atoms with E-state index in [0.717, 1.165) is 0 Å². The van der Waals surface area contributed by atoms with Crippen LogP contribution < -0.4 is 4.90 Å². The first-order chi connectivity index (χ1) is 8.59. The first kappa shape index (κ1) is 12.6. The summed E-state index contributed by atoms with van der Waals surface area (Å²) < 4.78 is 0. The number of rotatable bonds is 4. The molecule has 0 atom stereocenters. The predicted molar refractivity (Wildman–Crippen MR) is 74.3 cm³/mol. The van der Waals surface area contributed by atoms with Crippen molar-refractivity contribution in [2.24, 2.45) is 0 Å². The molecule has 0 saturated carbocycles. The highest BCUT2D eigenvalue weighted by molar-refractivity contribution is 7.10. The van der Waals surface area contributed by atoms with Gasteiger partial charge in [-0.15, -0.1) is 11.3 Å². The van der Waals surface area contributed by atoms with Crippen molar-refractivity contribution in [1.29, 1.82) is 0 Å². The molecule has 0 bridgehead atoms. The Hall–Kier alpha value is -1.88. The maximum atomic E-state index is 11.0. The number of aryl methyl sites for hydroxylation is 1. The maximum absolute atomic E-state index is 11.0. The van der Waals surface area contributed by atoms with Gasteiger partial charge in [0.25, 0.3) is 5.69 Å². The second-order valence-corrected chi connectivity index (χ2v) is 5.13. The lowest BCUT2D eigenvalue weighted by atomic mass is 10.2. The SMILES string of the molecule is Cc1ccsc1CN(C)c1ccccc1[N+](=O)[O-]. The fourth-order valence-electron chi connectivity index (χ4n) is 1.81. The van der Waals surface area contributed by atoms with E-state index in [-0.39, 0.29) is 10.6 Å². The van der Waals surface area contributed by atoms with E-state index in [1.54, 1.807) is 23.5 Å². The van der Waals surface area contributed by atoms with Crippen LogP contribution in [0, 0.1) is 17.0 Å². The number of para-hydroxylation sites is 2. The van der Waals surface area contributed by atoms with Crippen LogP contribution in [0.15, 0.2) is 35.7 Å². The minimum atomic E-state index is -0.340. The van der Waals surface area contributed by atoms with Gasteiger partial charge in [-0.05, 0) is 30.0 Å². The lowest BCUT2D eigenvalue weighted by Crippen LogP contribution is -2.17. The number of nitro benzene ring substituents is 1. The minimum absolute atomic E-state index is 0.147. The topological polar surface area (TPSA) is 46.4 Å². The normalized spacial score (nSPS) is 10.3. The molecule has 0 fully saturated rings. The van der Waals surface area contributed by atoms with E-state index >= 15 is 0 Å². The Morgan fingerprint density at radius 1 is 1.33 bits per heavy atom. The van der Waals surface area contributed by atoms with Gasteiger partial charge in [0.1, 0.15) is 5.69 Å². The second-order valence-electron chi connectivity index (χ2n) is 4.13. The van der Waals surface area contributed by atoms with Crippen LogP contribution in [0.4, 0.5) is 11.4 Å². The highest BCUT2D eigenvalue weighted by Crippen LogP contribution is 2.29. The maximum Gasteiger partial charge on any atom is 0.292 e. The van der Waals surface area contributed by atoms with Crippen molar-refractivity contribution >= 4 is 22.7 Å². The monoisotopic (exact) mass is 262 g/mol. The Labute approximate surface area is 110 Å². The zero-order valence-electron chi connectivity index (χ0n) is 10.3. The first-order valence-electron chi connectivity index (χ1n) is 5.57. The zero-order valence-corrected chi connectivity index (χ0v) is 11.1. The van der Waals surface area contributed by atoms with Gasteiger partial charge in [-0.3, -0.25) is 10.1 Å². The largest absolute Gasteiger partial charge is 0.364 e. The number of benzene rings is 1. The highest BCUT2D eigenvalue weighted by atomic mass is 32.1. The van der Waals surface area contributed by atoms with Gasteiger partial charge in [0.15, 0.2) is 0 Å². The average Bonchev–Trinajstić information content (AvgIpc) is 2.75. The van der Waals surface area contributed by atoms with E-state index in [4.69, 9.17) is 0 Å². The summed E-state index contributed by atoms with van der Waals surface area (Å²) in [4.78, 5) is 13.8. The van der Waals surface area contributed by atoms with Crippen molar-refractivity contribution in [3.05, 3.63) is 56.3 Å². The summed E-state index contributed by atoms with van der Waals surface area (Å²) in [5, 5.41) is 13.0. The quantitative estimate of drug-likeness (QED) is 0.624. The molecular weight excluding hydrogens is 248 g/mol. The van der Waals surface area contributed by atoms with E-state index in [9.17, 15) is 10.1 Å². The van der Waals surface area contributed by atoms with Gasteiger partial charge in [-0.1, -0.05) is 12.1 Å². The molecule has 0 N–H and O–H groups in total. The first-order valence-corrected chi connectivity index (χ1v) is 6.45. The van der Waals surface area contributed by atoms with Crippen LogP contribution >= 0.6 is 11.3 Å². The van der Waals surface area contributed by atoms with Gasteiger partial charge in [-0.25, -0.2) is 0 Å². The molecular formula is C13H14N2O2S. The van der Waals surface area contributed by atoms with E-state index in [1.807, 2.05) is 23.4 Å². The Balaban J connectivity index is 2.26. The second kappa shape index (κ2) is 5.18. The molecule has 5 heteroatoms. The Morgan fingerprint density at radius 3 is 2.67 bits per heavy atom. The van der Waals surface area contributed by atoms with Gasteiger partial charge in [0.2, 0.25) is 0 Å². The lowest BCUT2D eigenvalue weighted by molar-refractivity contribution is -0.384. The summed E-state index contributed by atoms with van der Waals surface area (Å²) >= 11 is 1.68. The fourth-order valence-corrected chi connectivity index (χ4v) is 2.77. The molecule has 0 amide bonds. The molecule has 1 aromatic heterocycles. The molecule has 18 heavy (non-hydrogen) atoms. The van der Waals surface area contributed by atoms with Gasteiger partial charge >= 0.3 is 0 Å². The van der Waals surface area contributed by atoms with E-state index in [1.165, 1.54) is 16.5 Å². The van der Waals surface area contributed by atoms with Gasteiger partial charge < -0.3 is 4.90 Å². The smallest absolute Gasteiger partial charge is 0.292 e. The van der Waals surface area contributed by atoms with Crippen molar-refractivity contribution in [2.45, 2.75) is 13.5 Å². The molecule has 0 aliphatic heterocycles. The van der Waals surface area contributed by atoms with Crippen LogP contribution in [0.2, 0.25) is 0 Å². The lowest BCUT2D eigenvalue weighted by Gasteiger charge is -2.18. The number of thiophene rings is 1. The van der Waals surface area contributed by atoms with Crippen LogP contribution in [0.3, 0.4) is 0 Å². The molecule has 4 nitrogen and oxygen atoms in total.